The Bertz CT molecular complexity index is 1220. The number of hydrogen-bond acceptors (Lipinski definition) is 4. The zero-order valence-electron chi connectivity index (χ0n) is 18.0. The molecular formula is C24H29N5O2. The summed E-state index contributed by atoms with van der Waals surface area (Å²) in [6.07, 6.45) is 5.01. The Morgan fingerprint density at radius 1 is 1.06 bits per heavy atom. The van der Waals surface area contributed by atoms with Crippen LogP contribution in [-0.4, -0.2) is 27.9 Å². The third kappa shape index (κ3) is 5.12. The van der Waals surface area contributed by atoms with E-state index in [-0.39, 0.29) is 11.3 Å². The smallest absolute Gasteiger partial charge is 0.276 e. The number of anilines is 1. The van der Waals surface area contributed by atoms with Crippen molar-refractivity contribution >= 4 is 34.0 Å². The van der Waals surface area contributed by atoms with Crippen LogP contribution in [0.2, 0.25) is 0 Å². The van der Waals surface area contributed by atoms with Crippen LogP contribution in [0.15, 0.2) is 47.3 Å². The van der Waals surface area contributed by atoms with E-state index in [0.717, 1.165) is 29.3 Å². The Hall–Kier alpha value is -3.61. The van der Waals surface area contributed by atoms with E-state index in [2.05, 4.69) is 34.1 Å². The number of unbranched alkanes of at least 4 members (excludes halogenated alkanes) is 1. The van der Waals surface area contributed by atoms with Crippen molar-refractivity contribution < 1.29 is 4.79 Å². The maximum atomic E-state index is 12.5. The molecule has 1 amide bonds. The molecule has 0 fully saturated rings. The highest BCUT2D eigenvalue weighted by atomic mass is 16.1. The summed E-state index contributed by atoms with van der Waals surface area (Å²) in [6.45, 7) is 4.99. The lowest BCUT2D eigenvalue weighted by Crippen LogP contribution is -2.12. The zero-order valence-corrected chi connectivity index (χ0v) is 18.0. The molecular weight excluding hydrogens is 390 g/mol. The summed E-state index contributed by atoms with van der Waals surface area (Å²) in [7, 11) is 0. The molecule has 7 nitrogen and oxygen atoms in total. The maximum Gasteiger partial charge on any atom is 0.276 e. The van der Waals surface area contributed by atoms with Gasteiger partial charge in [-0.05, 0) is 42.7 Å². The molecule has 4 rings (SSSR count). The van der Waals surface area contributed by atoms with Gasteiger partial charge >= 0.3 is 0 Å². The van der Waals surface area contributed by atoms with Gasteiger partial charge in [0.1, 0.15) is 0 Å². The van der Waals surface area contributed by atoms with Crippen molar-refractivity contribution in [3.05, 3.63) is 58.4 Å². The first-order valence-corrected chi connectivity index (χ1v) is 10.7. The van der Waals surface area contributed by atoms with Crippen molar-refractivity contribution in [2.75, 3.05) is 12.3 Å². The number of amides is 1. The number of para-hydroxylation sites is 2. The Kier molecular flexibility index (Phi) is 7.43. The minimum Gasteiger partial charge on any atom is -0.396 e. The number of H-pyrrole nitrogens is 2. The topological polar surface area (TPSA) is 117 Å². The number of hydrogen-bond donors (Lipinski definition) is 4. The number of rotatable bonds is 7. The van der Waals surface area contributed by atoms with Gasteiger partial charge in [-0.1, -0.05) is 44.9 Å². The summed E-state index contributed by atoms with van der Waals surface area (Å²) in [5.74, 6) is 0. The van der Waals surface area contributed by atoms with Gasteiger partial charge in [0.25, 0.3) is 5.56 Å². The largest absolute Gasteiger partial charge is 0.396 e. The standard InChI is InChI=1S/C20H19N5O2.C4H10/c21-17-13-10-12(4-3-9-22-11-26)7-8-14(13)23-18(17)19-20(27)25-16-6-2-1-5-15(16)24-19;1-3-4-2/h1-2,5-8,10-11,23H,3-4,9,21H2,(H,22,26)(H,25,27);3-4H2,1-2H3. The van der Waals surface area contributed by atoms with Gasteiger partial charge in [-0.3, -0.25) is 9.59 Å². The Morgan fingerprint density at radius 3 is 2.58 bits per heavy atom. The summed E-state index contributed by atoms with van der Waals surface area (Å²) in [5, 5.41) is 3.52. The molecule has 31 heavy (non-hydrogen) atoms. The van der Waals surface area contributed by atoms with Crippen molar-refractivity contribution in [3.8, 4) is 11.4 Å². The van der Waals surface area contributed by atoms with E-state index in [9.17, 15) is 9.59 Å². The minimum atomic E-state index is -0.285. The summed E-state index contributed by atoms with van der Waals surface area (Å²) >= 11 is 0. The van der Waals surface area contributed by atoms with Gasteiger partial charge in [0.05, 0.1) is 22.4 Å². The maximum absolute atomic E-state index is 12.5. The van der Waals surface area contributed by atoms with E-state index < -0.39 is 0 Å². The molecule has 2 aromatic carbocycles. The summed E-state index contributed by atoms with van der Waals surface area (Å²) in [6, 6.07) is 13.4. The lowest BCUT2D eigenvalue weighted by molar-refractivity contribution is -0.109. The first-order valence-electron chi connectivity index (χ1n) is 10.7. The van der Waals surface area contributed by atoms with Crippen molar-refractivity contribution in [3.63, 3.8) is 0 Å². The molecule has 0 atom stereocenters. The normalized spacial score (nSPS) is 10.6. The fourth-order valence-electron chi connectivity index (χ4n) is 3.25. The Balaban J connectivity index is 0.000000628. The molecule has 0 saturated heterocycles. The molecule has 2 aromatic heterocycles. The first kappa shape index (κ1) is 22.1. The number of carbonyl (C=O) groups excluding carboxylic acids is 1. The third-order valence-corrected chi connectivity index (χ3v) is 5.11. The van der Waals surface area contributed by atoms with Crippen LogP contribution < -0.4 is 16.6 Å². The van der Waals surface area contributed by atoms with Crippen LogP contribution in [-0.2, 0) is 11.2 Å². The predicted octanol–water partition coefficient (Wildman–Crippen LogP) is 4.14. The monoisotopic (exact) mass is 419 g/mol. The molecule has 0 aliphatic rings. The highest BCUT2D eigenvalue weighted by molar-refractivity contribution is 6.00. The highest BCUT2D eigenvalue weighted by Gasteiger charge is 2.16. The summed E-state index contributed by atoms with van der Waals surface area (Å²) in [5.41, 5.74) is 10.7. The quantitative estimate of drug-likeness (QED) is 0.266. The number of aromatic amines is 2. The van der Waals surface area contributed by atoms with E-state index in [4.69, 9.17) is 5.73 Å². The number of nitrogens with one attached hydrogen (secondary N) is 3. The van der Waals surface area contributed by atoms with Crippen LogP contribution in [0.4, 0.5) is 5.69 Å². The molecule has 5 N–H and O–H groups in total. The van der Waals surface area contributed by atoms with Crippen LogP contribution in [0.25, 0.3) is 33.3 Å². The number of nitrogens with two attached hydrogens (primary N) is 1. The number of carbonyl (C=O) groups is 1. The van der Waals surface area contributed by atoms with E-state index in [1.54, 1.807) is 0 Å². The van der Waals surface area contributed by atoms with Gasteiger partial charge in [-0.15, -0.1) is 0 Å². The van der Waals surface area contributed by atoms with Gasteiger partial charge in [0, 0.05) is 17.4 Å². The van der Waals surface area contributed by atoms with Crippen molar-refractivity contribution in [1.82, 2.24) is 20.3 Å². The Morgan fingerprint density at radius 2 is 1.84 bits per heavy atom. The summed E-state index contributed by atoms with van der Waals surface area (Å²) in [4.78, 5) is 33.4. The average molecular weight is 420 g/mol. The second kappa shape index (κ2) is 10.4. The van der Waals surface area contributed by atoms with Crippen LogP contribution in [0.3, 0.4) is 0 Å². The fraction of sp³-hybridized carbons (Fsp3) is 0.292. The number of aryl methyl sites for hydroxylation is 1. The molecule has 162 valence electrons. The SMILES string of the molecule is CCCC.Nc1c(-c2nc3ccccc3[nH]c2=O)[nH]c2ccc(CCCNC=O)cc12. The zero-order chi connectivity index (χ0) is 22.2. The summed E-state index contributed by atoms with van der Waals surface area (Å²) < 4.78 is 0. The molecule has 0 saturated carbocycles. The predicted molar refractivity (Wildman–Crippen MR) is 127 cm³/mol. The number of fused-ring (bicyclic) bond motifs is 2. The lowest BCUT2D eigenvalue weighted by atomic mass is 10.1. The average Bonchev–Trinajstić information content (AvgIpc) is 3.12. The van der Waals surface area contributed by atoms with Gasteiger partial charge < -0.3 is 21.0 Å². The number of benzene rings is 2. The van der Waals surface area contributed by atoms with Crippen LogP contribution in [0.5, 0.6) is 0 Å². The third-order valence-electron chi connectivity index (χ3n) is 5.11. The Labute approximate surface area is 181 Å². The second-order valence-corrected chi connectivity index (χ2v) is 7.40. The molecule has 0 unspecified atom stereocenters. The number of nitrogen functional groups attached to an aromatic ring is 1. The van der Waals surface area contributed by atoms with Gasteiger partial charge in [0.15, 0.2) is 5.69 Å². The van der Waals surface area contributed by atoms with Gasteiger partial charge in [-0.25, -0.2) is 4.98 Å². The molecule has 7 heteroatoms. The van der Waals surface area contributed by atoms with Crippen molar-refractivity contribution in [1.29, 1.82) is 0 Å². The van der Waals surface area contributed by atoms with Crippen LogP contribution >= 0.6 is 0 Å². The van der Waals surface area contributed by atoms with Crippen LogP contribution in [0.1, 0.15) is 38.7 Å². The molecule has 0 radical (unpaired) electrons. The molecule has 2 heterocycles. The number of aromatic nitrogens is 3. The second-order valence-electron chi connectivity index (χ2n) is 7.40. The van der Waals surface area contributed by atoms with Crippen molar-refractivity contribution in [2.24, 2.45) is 0 Å². The van der Waals surface area contributed by atoms with E-state index >= 15 is 0 Å². The molecule has 4 aromatic rings. The van der Waals surface area contributed by atoms with E-state index in [1.165, 1.54) is 12.8 Å². The van der Waals surface area contributed by atoms with E-state index in [1.807, 2.05) is 42.5 Å². The van der Waals surface area contributed by atoms with Crippen molar-refractivity contribution in [2.45, 2.75) is 39.5 Å². The number of nitrogens with zero attached hydrogens (tertiary/aromatic N) is 1. The first-order chi connectivity index (χ1) is 15.1. The minimum absolute atomic E-state index is 0.277. The van der Waals surface area contributed by atoms with Crippen LogP contribution in [0, 0.1) is 0 Å². The fourth-order valence-corrected chi connectivity index (χ4v) is 3.25. The lowest BCUT2D eigenvalue weighted by Gasteiger charge is -2.03. The molecule has 0 spiro atoms. The highest BCUT2D eigenvalue weighted by Crippen LogP contribution is 2.31. The molecule has 0 aliphatic heterocycles. The molecule has 0 aliphatic carbocycles. The van der Waals surface area contributed by atoms with Gasteiger partial charge in [-0.2, -0.15) is 0 Å². The molecule has 0 bridgehead atoms. The van der Waals surface area contributed by atoms with Gasteiger partial charge in [0.2, 0.25) is 6.41 Å². The van der Waals surface area contributed by atoms with E-state index in [0.29, 0.717) is 35.4 Å².